The zero-order valence-electron chi connectivity index (χ0n) is 12.3. The summed E-state index contributed by atoms with van der Waals surface area (Å²) in [6.45, 7) is 0. The lowest BCUT2D eigenvalue weighted by atomic mass is 9.89. The molecule has 2 aliphatic carbocycles. The van der Waals surface area contributed by atoms with E-state index in [-0.39, 0.29) is 5.56 Å². The number of hydrogen-bond donors (Lipinski definition) is 0. The third-order valence-electron chi connectivity index (χ3n) is 4.34. The molecule has 7 heteroatoms. The first-order valence-corrected chi connectivity index (χ1v) is 8.71. The number of rotatable bonds is 4. The Balaban J connectivity index is 1.53. The molecule has 0 bridgehead atoms. The maximum absolute atomic E-state index is 12.4. The molecule has 2 saturated carbocycles. The van der Waals surface area contributed by atoms with Gasteiger partial charge in [0.05, 0.1) is 0 Å². The van der Waals surface area contributed by atoms with E-state index in [9.17, 15) is 4.79 Å². The fourth-order valence-electron chi connectivity index (χ4n) is 2.98. The van der Waals surface area contributed by atoms with Crippen molar-refractivity contribution in [3.8, 4) is 0 Å². The van der Waals surface area contributed by atoms with Gasteiger partial charge in [-0.25, -0.2) is 4.98 Å². The topological polar surface area (TPSA) is 73.8 Å². The van der Waals surface area contributed by atoms with Gasteiger partial charge in [-0.3, -0.25) is 4.79 Å². The lowest BCUT2D eigenvalue weighted by molar-refractivity contribution is 0.334. The maximum atomic E-state index is 12.4. The van der Waals surface area contributed by atoms with Crippen LogP contribution in [0.1, 0.15) is 62.8 Å². The minimum Gasteiger partial charge on any atom is -0.415 e. The van der Waals surface area contributed by atoms with Crippen LogP contribution in [0.4, 0.5) is 0 Å². The van der Waals surface area contributed by atoms with Crippen molar-refractivity contribution in [2.24, 2.45) is 0 Å². The van der Waals surface area contributed by atoms with Crippen molar-refractivity contribution >= 4 is 11.8 Å². The molecule has 2 aromatic rings. The van der Waals surface area contributed by atoms with Gasteiger partial charge in [0.1, 0.15) is 0 Å². The monoisotopic (exact) mass is 318 g/mol. The van der Waals surface area contributed by atoms with Crippen molar-refractivity contribution in [2.45, 2.75) is 67.2 Å². The Bertz CT molecular complexity index is 716. The molecule has 0 atom stereocenters. The summed E-state index contributed by atoms with van der Waals surface area (Å²) in [6, 6.07) is 0.343. The molecule has 0 radical (unpaired) electrons. The van der Waals surface area contributed by atoms with Crippen LogP contribution in [0, 0.1) is 0 Å². The van der Waals surface area contributed by atoms with Gasteiger partial charge in [0.15, 0.2) is 5.03 Å². The van der Waals surface area contributed by atoms with Gasteiger partial charge in [0.2, 0.25) is 5.89 Å². The van der Waals surface area contributed by atoms with Crippen LogP contribution in [-0.4, -0.2) is 19.7 Å². The Kier molecular flexibility index (Phi) is 3.73. The molecule has 0 N–H and O–H groups in total. The van der Waals surface area contributed by atoms with Gasteiger partial charge in [0.25, 0.3) is 10.8 Å². The van der Waals surface area contributed by atoms with Crippen LogP contribution in [-0.2, 0) is 0 Å². The van der Waals surface area contributed by atoms with Gasteiger partial charge >= 0.3 is 0 Å². The zero-order valence-corrected chi connectivity index (χ0v) is 13.1. The van der Waals surface area contributed by atoms with Crippen molar-refractivity contribution in [1.82, 2.24) is 19.7 Å². The molecule has 2 aromatic heterocycles. The number of nitrogens with zero attached hydrogens (tertiary/aromatic N) is 4. The Morgan fingerprint density at radius 1 is 1.14 bits per heavy atom. The molecule has 0 spiro atoms. The van der Waals surface area contributed by atoms with Gasteiger partial charge in [-0.05, 0) is 37.4 Å². The second-order valence-corrected chi connectivity index (χ2v) is 6.96. The van der Waals surface area contributed by atoms with E-state index < -0.39 is 0 Å². The number of aromatic nitrogens is 4. The van der Waals surface area contributed by atoms with Crippen molar-refractivity contribution in [3.63, 3.8) is 0 Å². The molecular weight excluding hydrogens is 300 g/mol. The minimum atomic E-state index is -0.0626. The van der Waals surface area contributed by atoms with Gasteiger partial charge < -0.3 is 8.98 Å². The van der Waals surface area contributed by atoms with E-state index in [0.29, 0.717) is 28.1 Å². The second kappa shape index (κ2) is 5.87. The smallest absolute Gasteiger partial charge is 0.283 e. The highest BCUT2D eigenvalue weighted by Crippen LogP contribution is 2.35. The van der Waals surface area contributed by atoms with Gasteiger partial charge in [-0.1, -0.05) is 19.3 Å². The lowest BCUT2D eigenvalue weighted by Gasteiger charge is -2.17. The standard InChI is InChI=1S/C15H18N4O2S/c20-14-13(16-8-9-19(14)11-6-7-11)22-15-18-17-12(21-15)10-4-2-1-3-5-10/h8-11H,1-7H2. The van der Waals surface area contributed by atoms with Crippen LogP contribution >= 0.6 is 11.8 Å². The first-order chi connectivity index (χ1) is 10.8. The molecule has 22 heavy (non-hydrogen) atoms. The predicted octanol–water partition coefficient (Wildman–Crippen LogP) is 3.16. The van der Waals surface area contributed by atoms with Crippen LogP contribution in [0.25, 0.3) is 0 Å². The molecule has 6 nitrogen and oxygen atoms in total. The SMILES string of the molecule is O=c1c(Sc2nnc(C3CCCCC3)o2)nccn1C1CC1. The van der Waals surface area contributed by atoms with Crippen LogP contribution < -0.4 is 5.56 Å². The Labute approximate surface area is 132 Å². The highest BCUT2D eigenvalue weighted by atomic mass is 32.2. The minimum absolute atomic E-state index is 0.0626. The van der Waals surface area contributed by atoms with Crippen molar-refractivity contribution in [1.29, 1.82) is 0 Å². The van der Waals surface area contributed by atoms with E-state index in [1.165, 1.54) is 31.0 Å². The van der Waals surface area contributed by atoms with E-state index in [1.807, 2.05) is 0 Å². The first-order valence-electron chi connectivity index (χ1n) is 7.89. The highest BCUT2D eigenvalue weighted by molar-refractivity contribution is 7.99. The molecule has 4 rings (SSSR count). The number of hydrogen-bond acceptors (Lipinski definition) is 6. The Morgan fingerprint density at radius 3 is 2.73 bits per heavy atom. The van der Waals surface area contributed by atoms with Crippen molar-refractivity contribution < 1.29 is 4.42 Å². The Morgan fingerprint density at radius 2 is 1.95 bits per heavy atom. The fourth-order valence-corrected chi connectivity index (χ4v) is 3.66. The quantitative estimate of drug-likeness (QED) is 0.862. The molecule has 116 valence electrons. The van der Waals surface area contributed by atoms with Crippen LogP contribution in [0.3, 0.4) is 0 Å². The third-order valence-corrected chi connectivity index (χ3v) is 5.15. The van der Waals surface area contributed by atoms with Crippen molar-refractivity contribution in [2.75, 3.05) is 0 Å². The maximum Gasteiger partial charge on any atom is 0.283 e. The molecule has 0 saturated heterocycles. The average Bonchev–Trinajstić information content (AvgIpc) is 3.29. The van der Waals surface area contributed by atoms with E-state index >= 15 is 0 Å². The Hall–Kier alpha value is -1.63. The summed E-state index contributed by atoms with van der Waals surface area (Å²) in [5.41, 5.74) is -0.0626. The molecule has 0 unspecified atom stereocenters. The largest absolute Gasteiger partial charge is 0.415 e. The predicted molar refractivity (Wildman–Crippen MR) is 81.0 cm³/mol. The van der Waals surface area contributed by atoms with Crippen LogP contribution in [0.2, 0.25) is 0 Å². The van der Waals surface area contributed by atoms with E-state index in [4.69, 9.17) is 4.42 Å². The molecule has 0 amide bonds. The summed E-state index contributed by atoms with van der Waals surface area (Å²) in [5.74, 6) is 1.09. The van der Waals surface area contributed by atoms with E-state index in [2.05, 4.69) is 15.2 Å². The van der Waals surface area contributed by atoms with Gasteiger partial charge in [0, 0.05) is 24.4 Å². The normalized spacial score (nSPS) is 19.5. The van der Waals surface area contributed by atoms with E-state index in [0.717, 1.165) is 25.7 Å². The molecule has 2 heterocycles. The van der Waals surface area contributed by atoms with Crippen LogP contribution in [0.15, 0.2) is 31.9 Å². The average molecular weight is 318 g/mol. The van der Waals surface area contributed by atoms with Crippen molar-refractivity contribution in [3.05, 3.63) is 28.6 Å². The molecule has 0 aromatic carbocycles. The summed E-state index contributed by atoms with van der Waals surface area (Å²) in [6.07, 6.45) is 11.5. The second-order valence-electron chi connectivity index (χ2n) is 6.02. The zero-order chi connectivity index (χ0) is 14.9. The highest BCUT2D eigenvalue weighted by Gasteiger charge is 2.26. The molecule has 2 aliphatic rings. The lowest BCUT2D eigenvalue weighted by Crippen LogP contribution is -2.20. The summed E-state index contributed by atoms with van der Waals surface area (Å²) >= 11 is 1.17. The summed E-state index contributed by atoms with van der Waals surface area (Å²) in [4.78, 5) is 16.5. The molecule has 0 aliphatic heterocycles. The third kappa shape index (κ3) is 2.82. The van der Waals surface area contributed by atoms with Gasteiger partial charge in [-0.2, -0.15) is 0 Å². The fraction of sp³-hybridized carbons (Fsp3) is 0.600. The molecule has 2 fully saturated rings. The van der Waals surface area contributed by atoms with E-state index in [1.54, 1.807) is 17.0 Å². The van der Waals surface area contributed by atoms with Gasteiger partial charge in [-0.15, -0.1) is 10.2 Å². The first kappa shape index (κ1) is 14.0. The summed E-state index contributed by atoms with van der Waals surface area (Å²) in [7, 11) is 0. The molecular formula is C15H18N4O2S. The van der Waals surface area contributed by atoms with Crippen LogP contribution in [0.5, 0.6) is 0 Å². The summed E-state index contributed by atoms with van der Waals surface area (Å²) in [5, 5.41) is 9.06. The summed E-state index contributed by atoms with van der Waals surface area (Å²) < 4.78 is 7.51.